The lowest BCUT2D eigenvalue weighted by atomic mass is 9.96. The fraction of sp³-hybridized carbons (Fsp3) is 0.339. The summed E-state index contributed by atoms with van der Waals surface area (Å²) >= 11 is 8.77. The zero-order valence-electron chi connectivity index (χ0n) is 44.7. The van der Waals surface area contributed by atoms with E-state index >= 15 is 0 Å². The number of rotatable bonds is 21. The van der Waals surface area contributed by atoms with E-state index in [1.165, 1.54) is 19.2 Å². The number of thioether (sulfide) groups is 1. The molecule has 0 saturated carbocycles. The van der Waals surface area contributed by atoms with Gasteiger partial charge in [0.25, 0.3) is 5.69 Å². The average Bonchev–Trinajstić information content (AvgIpc) is 4.04. The van der Waals surface area contributed by atoms with E-state index in [2.05, 4.69) is 52.1 Å². The number of benzene rings is 5. The molecule has 76 heavy (non-hydrogen) atoms. The molecule has 20 heteroatoms. The zero-order valence-corrected chi connectivity index (χ0v) is 48.2. The van der Waals surface area contributed by atoms with Crippen LogP contribution in [0.4, 0.5) is 11.4 Å². The summed E-state index contributed by atoms with van der Waals surface area (Å²) in [5, 5.41) is 25.5. The number of aromatic nitrogens is 5. The number of nitrogens with zero attached hydrogens (tertiary/aromatic N) is 7. The van der Waals surface area contributed by atoms with Gasteiger partial charge in [-0.1, -0.05) is 74.8 Å². The molecule has 0 fully saturated rings. The highest BCUT2D eigenvalue weighted by molar-refractivity contribution is 7.98. The van der Waals surface area contributed by atoms with E-state index in [0.29, 0.717) is 87.4 Å². The Hall–Kier alpha value is -6.64. The number of nitro benzene ring substituents is 1. The summed E-state index contributed by atoms with van der Waals surface area (Å²) in [6, 6.07) is 30.2. The maximum Gasteiger partial charge on any atom is 0.354 e. The first-order valence-electron chi connectivity index (χ1n) is 24.8. The van der Waals surface area contributed by atoms with E-state index in [4.69, 9.17) is 40.4 Å². The van der Waals surface area contributed by atoms with Crippen molar-refractivity contribution in [1.82, 2.24) is 24.1 Å². The van der Waals surface area contributed by atoms with Gasteiger partial charge in [-0.05, 0) is 109 Å². The Bertz CT molecular complexity index is 3560. The van der Waals surface area contributed by atoms with Crippen LogP contribution < -0.4 is 13.8 Å². The number of hydrogen-bond acceptors (Lipinski definition) is 12. The summed E-state index contributed by atoms with van der Waals surface area (Å²) in [5.74, 6) is 1.62. The third-order valence-electron chi connectivity index (χ3n) is 14.4. The Balaban J connectivity index is 1.04. The molecule has 0 saturated heterocycles. The normalized spacial score (nSPS) is 12.0. The van der Waals surface area contributed by atoms with E-state index in [0.717, 1.165) is 48.2 Å². The minimum absolute atomic E-state index is 0.0323. The molecule has 0 atom stereocenters. The van der Waals surface area contributed by atoms with Gasteiger partial charge in [0.2, 0.25) is 10.9 Å². The van der Waals surface area contributed by atoms with Crippen LogP contribution in [-0.4, -0.2) is 72.6 Å². The Morgan fingerprint density at radius 3 is 2.32 bits per heavy atom. The van der Waals surface area contributed by atoms with Crippen molar-refractivity contribution in [3.05, 3.63) is 157 Å². The summed E-state index contributed by atoms with van der Waals surface area (Å²) in [6.07, 6.45) is 0.878. The number of halogens is 1. The van der Waals surface area contributed by atoms with Crippen LogP contribution in [-0.2, 0) is 66.0 Å². The Labute approximate surface area is 455 Å². The third kappa shape index (κ3) is 11.7. The number of aryl methyl sites for hydroxylation is 4. The second-order valence-corrected chi connectivity index (χ2v) is 27.5. The van der Waals surface area contributed by atoms with Gasteiger partial charge in [-0.3, -0.25) is 23.8 Å². The number of thiol groups is 1. The quantitative estimate of drug-likeness (QED) is 0.0137. The summed E-state index contributed by atoms with van der Waals surface area (Å²) < 4.78 is 56.4. The Morgan fingerprint density at radius 2 is 1.63 bits per heavy atom. The van der Waals surface area contributed by atoms with Crippen molar-refractivity contribution in [1.29, 1.82) is 0 Å². The molecule has 8 aromatic rings. The van der Waals surface area contributed by atoms with Gasteiger partial charge in [-0.2, -0.15) is 10.2 Å². The molecule has 0 aliphatic carbocycles. The summed E-state index contributed by atoms with van der Waals surface area (Å²) in [7, 11) is 1.11. The molecular weight excluding hydrogens is 1040 g/mol. The molecule has 3 heterocycles. The first-order valence-corrected chi connectivity index (χ1v) is 30.2. The number of esters is 1. The van der Waals surface area contributed by atoms with Crippen molar-refractivity contribution in [2.24, 2.45) is 14.1 Å². The van der Waals surface area contributed by atoms with E-state index in [9.17, 15) is 23.3 Å². The van der Waals surface area contributed by atoms with Gasteiger partial charge < -0.3 is 23.2 Å². The Morgan fingerprint density at radius 1 is 0.908 bits per heavy atom. The fourth-order valence-electron chi connectivity index (χ4n) is 9.24. The van der Waals surface area contributed by atoms with E-state index in [-0.39, 0.29) is 23.7 Å². The zero-order chi connectivity index (χ0) is 54.8. The first-order chi connectivity index (χ1) is 36.1. The average molecular weight is 1110 g/mol. The SMILES string of the molecule is COC(=O)c1c(C)c2c(-c3c(CN(c4ccc(Cc5cc(CSc6cc(OCc7ccc(OC)cc7)c7ccccc7c6)n(C)n5)cc4[N+](=O)[O-])[SH](=O)=O)nn(C)c3C)c(Cl)ccc2n1CCCO[Si](C)(C)C(C)(C)C. The highest BCUT2D eigenvalue weighted by Crippen LogP contribution is 2.44. The van der Waals surface area contributed by atoms with Gasteiger partial charge in [0, 0.05) is 94.2 Å². The highest BCUT2D eigenvalue weighted by Gasteiger charge is 2.37. The van der Waals surface area contributed by atoms with Crippen LogP contribution in [0.3, 0.4) is 0 Å². The lowest BCUT2D eigenvalue weighted by molar-refractivity contribution is -0.384. The number of hydrogen-bond donors (Lipinski definition) is 1. The molecule has 5 aromatic carbocycles. The second-order valence-electron chi connectivity index (χ2n) is 20.3. The van der Waals surface area contributed by atoms with Crippen LogP contribution in [0.15, 0.2) is 102 Å². The molecule has 400 valence electrons. The van der Waals surface area contributed by atoms with Crippen molar-refractivity contribution in [2.75, 3.05) is 25.1 Å². The number of anilines is 1. The molecule has 0 bridgehead atoms. The lowest BCUT2D eigenvalue weighted by Gasteiger charge is -2.36. The minimum atomic E-state index is -3.44. The van der Waals surface area contributed by atoms with Crippen LogP contribution in [0.5, 0.6) is 11.5 Å². The van der Waals surface area contributed by atoms with Gasteiger partial charge in [-0.15, -0.1) is 11.8 Å². The topological polar surface area (TPSA) is 175 Å². The predicted octanol–water partition coefficient (Wildman–Crippen LogP) is 12.3. The van der Waals surface area contributed by atoms with Crippen LogP contribution in [0.2, 0.25) is 23.2 Å². The largest absolute Gasteiger partial charge is 0.497 e. The number of methoxy groups -OCH3 is 2. The van der Waals surface area contributed by atoms with Crippen LogP contribution in [0.1, 0.15) is 77.1 Å². The number of nitro groups is 1. The molecule has 3 aromatic heterocycles. The van der Waals surface area contributed by atoms with Crippen molar-refractivity contribution in [3.63, 3.8) is 0 Å². The van der Waals surface area contributed by atoms with Gasteiger partial charge >= 0.3 is 5.97 Å². The van der Waals surface area contributed by atoms with Crippen molar-refractivity contribution in [3.8, 4) is 22.6 Å². The fourth-order valence-corrected chi connectivity index (χ4v) is 12.2. The summed E-state index contributed by atoms with van der Waals surface area (Å²) in [4.78, 5) is 26.9. The van der Waals surface area contributed by atoms with Crippen LogP contribution in [0.25, 0.3) is 32.8 Å². The molecule has 0 aliphatic rings. The molecule has 16 nitrogen and oxygen atoms in total. The maximum atomic E-state index is 13.5. The Kier molecular flexibility index (Phi) is 16.8. The first kappa shape index (κ1) is 55.6. The third-order valence-corrected chi connectivity index (χ3v) is 21.0. The molecule has 8 rings (SSSR count). The standard InChI is InChI=1S/C56H64ClN7O9S2Si/c1-35-51-48(62(54(35)55(65)71-9)25-14-26-73-76(10,11)56(3,4)5)24-22-45(57)53(51)52-36(2)60(6)59-46(52)32-63(75(68)69)47-23-19-38(28-49(47)64(66)67)27-40-30-41(61(7)58-40)34-74-43-29-39-15-12-13-16-44(39)50(31-43)72-33-37-17-20-42(70-8)21-18-37/h12-13,15-24,28-31,75H,14,25-27,32-34H2,1-11H3. The van der Waals surface area contributed by atoms with E-state index < -0.39 is 35.8 Å². The minimum Gasteiger partial charge on any atom is -0.497 e. The second kappa shape index (κ2) is 22.9. The molecule has 0 N–H and O–H groups in total. The van der Waals surface area contributed by atoms with Gasteiger partial charge in [0.05, 0.1) is 37.1 Å². The smallest absolute Gasteiger partial charge is 0.354 e. The number of ether oxygens (including phenoxy) is 3. The number of carbonyl (C=O) groups excluding carboxylic acids is 1. The molecule has 0 amide bonds. The maximum absolute atomic E-state index is 13.5. The molecule has 0 radical (unpaired) electrons. The van der Waals surface area contributed by atoms with Crippen molar-refractivity contribution in [2.45, 2.75) is 95.9 Å². The van der Waals surface area contributed by atoms with Crippen molar-refractivity contribution < 1.29 is 36.8 Å². The van der Waals surface area contributed by atoms with Gasteiger partial charge in [0.15, 0.2) is 8.32 Å². The van der Waals surface area contributed by atoms with Gasteiger partial charge in [-0.25, -0.2) is 13.2 Å². The van der Waals surface area contributed by atoms with Crippen molar-refractivity contribution >= 4 is 81.6 Å². The number of fused-ring (bicyclic) bond motifs is 2. The lowest BCUT2D eigenvalue weighted by Crippen LogP contribution is -2.41. The molecule has 0 aliphatic heterocycles. The monoisotopic (exact) mass is 1110 g/mol. The molecule has 0 spiro atoms. The summed E-state index contributed by atoms with van der Waals surface area (Å²) in [5.41, 5.74) is 6.46. The highest BCUT2D eigenvalue weighted by atomic mass is 35.5. The van der Waals surface area contributed by atoms with E-state index in [1.54, 1.807) is 47.4 Å². The van der Waals surface area contributed by atoms with Crippen LogP contribution in [0, 0.1) is 24.0 Å². The predicted molar refractivity (Wildman–Crippen MR) is 304 cm³/mol. The van der Waals surface area contributed by atoms with Crippen LogP contribution >= 0.6 is 23.4 Å². The molecule has 0 unspecified atom stereocenters. The van der Waals surface area contributed by atoms with Gasteiger partial charge in [0.1, 0.15) is 29.5 Å². The summed E-state index contributed by atoms with van der Waals surface area (Å²) in [6.45, 7) is 15.6. The number of carbonyl (C=O) groups is 1. The van der Waals surface area contributed by atoms with E-state index in [1.807, 2.05) is 80.1 Å². The molecular formula is C56H64ClN7O9S2Si.